The van der Waals surface area contributed by atoms with Crippen molar-refractivity contribution < 1.29 is 17.6 Å². The molecule has 0 amide bonds. The largest absolute Gasteiger partial charge is 0.451 e. The first kappa shape index (κ1) is 11.8. The van der Waals surface area contributed by atoms with Gasteiger partial charge in [0.05, 0.1) is 0 Å². The number of halogens is 3. The average Bonchev–Trinajstić information content (AvgIpc) is 2.57. The van der Waals surface area contributed by atoms with Crippen molar-refractivity contribution in [3.8, 4) is 11.3 Å². The first-order valence-corrected chi connectivity index (χ1v) is 5.14. The van der Waals surface area contributed by atoms with Crippen LogP contribution in [0.3, 0.4) is 0 Å². The van der Waals surface area contributed by atoms with Crippen molar-refractivity contribution in [2.24, 2.45) is 0 Å². The van der Waals surface area contributed by atoms with Crippen LogP contribution in [-0.4, -0.2) is 0 Å². The Kier molecular flexibility index (Phi) is 2.73. The van der Waals surface area contributed by atoms with Gasteiger partial charge in [-0.3, -0.25) is 0 Å². The Morgan fingerprint density at radius 2 is 1.53 bits per heavy atom. The van der Waals surface area contributed by atoms with Gasteiger partial charge in [-0.25, -0.2) is 0 Å². The van der Waals surface area contributed by atoms with Crippen molar-refractivity contribution in [2.75, 3.05) is 0 Å². The van der Waals surface area contributed by atoms with E-state index >= 15 is 0 Å². The summed E-state index contributed by atoms with van der Waals surface area (Å²) in [6, 6.07) is 8.79. The monoisotopic (exact) mass is 240 g/mol. The third-order valence-electron chi connectivity index (χ3n) is 2.74. The molecule has 0 aliphatic heterocycles. The molecule has 90 valence electrons. The number of hydrogen-bond acceptors (Lipinski definition) is 1. The molecule has 0 fully saturated rings. The highest BCUT2D eigenvalue weighted by Crippen LogP contribution is 2.39. The van der Waals surface area contributed by atoms with E-state index in [-0.39, 0.29) is 11.3 Å². The van der Waals surface area contributed by atoms with Gasteiger partial charge in [-0.05, 0) is 19.4 Å². The smallest absolute Gasteiger partial charge is 0.449 e. The minimum Gasteiger partial charge on any atom is -0.451 e. The fourth-order valence-corrected chi connectivity index (χ4v) is 1.73. The molecule has 0 bridgehead atoms. The van der Waals surface area contributed by atoms with Gasteiger partial charge < -0.3 is 4.42 Å². The lowest BCUT2D eigenvalue weighted by Gasteiger charge is -2.02. The Bertz CT molecular complexity index is 524. The summed E-state index contributed by atoms with van der Waals surface area (Å²) in [6.07, 6.45) is -4.44. The molecule has 0 spiro atoms. The molecule has 0 unspecified atom stereocenters. The van der Waals surface area contributed by atoms with Crippen molar-refractivity contribution in [2.45, 2.75) is 20.0 Å². The number of hydrogen-bond donors (Lipinski definition) is 0. The van der Waals surface area contributed by atoms with E-state index in [1.165, 1.54) is 6.92 Å². The van der Waals surface area contributed by atoms with Crippen LogP contribution < -0.4 is 0 Å². The summed E-state index contributed by atoms with van der Waals surface area (Å²) in [5.74, 6) is -0.621. The highest BCUT2D eigenvalue weighted by molar-refractivity contribution is 5.63. The van der Waals surface area contributed by atoms with Crippen LogP contribution in [0.1, 0.15) is 16.9 Å². The Morgan fingerprint density at radius 3 is 2.00 bits per heavy atom. The zero-order chi connectivity index (χ0) is 12.6. The molecule has 0 saturated carbocycles. The highest BCUT2D eigenvalue weighted by Gasteiger charge is 2.38. The quantitative estimate of drug-likeness (QED) is 0.711. The van der Waals surface area contributed by atoms with Crippen molar-refractivity contribution in [1.82, 2.24) is 0 Å². The van der Waals surface area contributed by atoms with Crippen LogP contribution in [0, 0.1) is 13.8 Å². The summed E-state index contributed by atoms with van der Waals surface area (Å²) in [4.78, 5) is 0. The van der Waals surface area contributed by atoms with Crippen molar-refractivity contribution in [1.29, 1.82) is 0 Å². The minimum atomic E-state index is -4.44. The maximum Gasteiger partial charge on any atom is 0.449 e. The third kappa shape index (κ3) is 2.07. The minimum absolute atomic E-state index is 0.149. The molecule has 1 aromatic heterocycles. The standard InChI is InChI=1S/C13H11F3O/c1-8-9(2)12(13(14,15)16)17-11(8)10-6-4-3-5-7-10/h3-7H,1-2H3. The maximum atomic E-state index is 12.7. The van der Waals surface area contributed by atoms with E-state index in [1.807, 2.05) is 0 Å². The van der Waals surface area contributed by atoms with Gasteiger partial charge in [0.25, 0.3) is 0 Å². The SMILES string of the molecule is Cc1c(-c2ccccc2)oc(C(F)(F)F)c1C. The summed E-state index contributed by atoms with van der Waals surface area (Å²) in [6.45, 7) is 3.06. The van der Waals surface area contributed by atoms with Gasteiger partial charge in [0, 0.05) is 11.1 Å². The summed E-state index contributed by atoms with van der Waals surface area (Å²) in [5.41, 5.74) is 1.34. The molecule has 17 heavy (non-hydrogen) atoms. The van der Waals surface area contributed by atoms with Gasteiger partial charge in [-0.2, -0.15) is 13.2 Å². The molecule has 2 rings (SSSR count). The van der Waals surface area contributed by atoms with Crippen molar-refractivity contribution >= 4 is 0 Å². The third-order valence-corrected chi connectivity index (χ3v) is 2.74. The molecule has 0 aliphatic rings. The second kappa shape index (κ2) is 3.95. The van der Waals surface area contributed by atoms with Crippen LogP contribution in [0.15, 0.2) is 34.7 Å². The van der Waals surface area contributed by atoms with E-state index in [0.717, 1.165) is 0 Å². The van der Waals surface area contributed by atoms with Crippen LogP contribution in [0.5, 0.6) is 0 Å². The van der Waals surface area contributed by atoms with Crippen molar-refractivity contribution in [3.63, 3.8) is 0 Å². The zero-order valence-corrected chi connectivity index (χ0v) is 9.43. The van der Waals surface area contributed by atoms with E-state index < -0.39 is 11.9 Å². The Hall–Kier alpha value is -1.71. The van der Waals surface area contributed by atoms with Gasteiger partial charge in [-0.15, -0.1) is 0 Å². The summed E-state index contributed by atoms with van der Waals surface area (Å²) in [5, 5.41) is 0. The predicted molar refractivity (Wildman–Crippen MR) is 58.6 cm³/mol. The van der Waals surface area contributed by atoms with Crippen LogP contribution in [0.25, 0.3) is 11.3 Å². The van der Waals surface area contributed by atoms with Crippen molar-refractivity contribution in [3.05, 3.63) is 47.2 Å². The lowest BCUT2D eigenvalue weighted by Crippen LogP contribution is -2.04. The van der Waals surface area contributed by atoms with E-state index in [0.29, 0.717) is 11.1 Å². The molecule has 0 aliphatic carbocycles. The molecule has 4 heteroatoms. The lowest BCUT2D eigenvalue weighted by atomic mass is 10.1. The van der Waals surface area contributed by atoms with Crippen LogP contribution >= 0.6 is 0 Å². The molecule has 2 aromatic rings. The molecule has 0 N–H and O–H groups in total. The zero-order valence-electron chi connectivity index (χ0n) is 9.43. The molecular weight excluding hydrogens is 229 g/mol. The second-order valence-electron chi connectivity index (χ2n) is 3.87. The second-order valence-corrected chi connectivity index (χ2v) is 3.87. The summed E-state index contributed by atoms with van der Waals surface area (Å²) < 4.78 is 43.0. The van der Waals surface area contributed by atoms with Crippen LogP contribution in [0.2, 0.25) is 0 Å². The number of benzene rings is 1. The average molecular weight is 240 g/mol. The highest BCUT2D eigenvalue weighted by atomic mass is 19.4. The lowest BCUT2D eigenvalue weighted by molar-refractivity contribution is -0.153. The first-order chi connectivity index (χ1) is 7.91. The van der Waals surface area contributed by atoms with Gasteiger partial charge in [0.2, 0.25) is 5.76 Å². The van der Waals surface area contributed by atoms with E-state index in [1.54, 1.807) is 37.3 Å². The molecule has 1 heterocycles. The Balaban J connectivity index is 2.59. The van der Waals surface area contributed by atoms with Crippen LogP contribution in [0.4, 0.5) is 13.2 Å². The Labute approximate surface area is 96.9 Å². The van der Waals surface area contributed by atoms with Gasteiger partial charge in [0.15, 0.2) is 0 Å². The summed E-state index contributed by atoms with van der Waals surface area (Å²) in [7, 11) is 0. The maximum absolute atomic E-state index is 12.7. The molecule has 0 saturated heterocycles. The summed E-state index contributed by atoms with van der Waals surface area (Å²) >= 11 is 0. The number of furan rings is 1. The number of alkyl halides is 3. The van der Waals surface area contributed by atoms with Crippen LogP contribution in [-0.2, 0) is 6.18 Å². The first-order valence-electron chi connectivity index (χ1n) is 5.14. The molecule has 1 aromatic carbocycles. The molecular formula is C13H11F3O. The topological polar surface area (TPSA) is 13.1 Å². The Morgan fingerprint density at radius 1 is 0.941 bits per heavy atom. The molecule has 1 nitrogen and oxygen atoms in total. The molecule has 0 atom stereocenters. The van der Waals surface area contributed by atoms with E-state index in [2.05, 4.69) is 0 Å². The van der Waals surface area contributed by atoms with Gasteiger partial charge in [-0.1, -0.05) is 30.3 Å². The number of rotatable bonds is 1. The van der Waals surface area contributed by atoms with E-state index in [4.69, 9.17) is 4.42 Å². The van der Waals surface area contributed by atoms with Gasteiger partial charge >= 0.3 is 6.18 Å². The normalized spacial score (nSPS) is 11.8. The van der Waals surface area contributed by atoms with Gasteiger partial charge in [0.1, 0.15) is 5.76 Å². The predicted octanol–water partition coefficient (Wildman–Crippen LogP) is 4.58. The van der Waals surface area contributed by atoms with E-state index in [9.17, 15) is 13.2 Å². The molecule has 0 radical (unpaired) electrons. The fourth-order valence-electron chi connectivity index (χ4n) is 1.73. The fraction of sp³-hybridized carbons (Fsp3) is 0.231.